The summed E-state index contributed by atoms with van der Waals surface area (Å²) in [7, 11) is -1.80. The lowest BCUT2D eigenvalue weighted by Gasteiger charge is -2.26. The van der Waals surface area contributed by atoms with Crippen LogP contribution in [-0.2, 0) is 11.0 Å². The van der Waals surface area contributed by atoms with Gasteiger partial charge in [0.15, 0.2) is 0 Å². The lowest BCUT2D eigenvalue weighted by Crippen LogP contribution is -2.41. The molecule has 2 nitrogen and oxygen atoms in total. The van der Waals surface area contributed by atoms with Gasteiger partial charge in [-0.05, 0) is 38.5 Å². The van der Waals surface area contributed by atoms with Gasteiger partial charge in [-0.1, -0.05) is 28.1 Å². The first kappa shape index (κ1) is 16.7. The summed E-state index contributed by atoms with van der Waals surface area (Å²) in [5, 5.41) is 0. The molecule has 0 amide bonds. The number of benzene rings is 1. The maximum atomic E-state index is 13.0. The van der Waals surface area contributed by atoms with Crippen LogP contribution in [0.4, 0.5) is 13.2 Å². The Morgan fingerprint density at radius 1 is 1.16 bits per heavy atom. The zero-order valence-corrected chi connectivity index (χ0v) is 13.1. The summed E-state index contributed by atoms with van der Waals surface area (Å²) in [5.41, 5.74) is 0.0355. The van der Waals surface area contributed by atoms with Crippen molar-refractivity contribution in [3.63, 3.8) is 0 Å². The molecule has 0 heterocycles. The fourth-order valence-corrected chi connectivity index (χ4v) is 2.36. The molecule has 108 valence electrons. The second-order valence-electron chi connectivity index (χ2n) is 5.03. The van der Waals surface area contributed by atoms with Gasteiger partial charge in [0.25, 0.3) is 0 Å². The summed E-state index contributed by atoms with van der Waals surface area (Å²) >= 11 is 3.17. The van der Waals surface area contributed by atoms with Gasteiger partial charge in [0.05, 0.1) is 15.7 Å². The number of hydrogen-bond acceptors (Lipinski definition) is 1. The van der Waals surface area contributed by atoms with Crippen LogP contribution in [0, 0.1) is 0 Å². The summed E-state index contributed by atoms with van der Waals surface area (Å²) in [6.07, 6.45) is -4.51. The monoisotopic (exact) mass is 357 g/mol. The molecule has 0 aliphatic carbocycles. The number of hydrogen-bond donors (Lipinski definition) is 1. The molecule has 0 bridgehead atoms. The Kier molecular flexibility index (Phi) is 5.20. The number of alkyl halides is 3. The second-order valence-corrected chi connectivity index (χ2v) is 7.94. The molecule has 0 saturated heterocycles. The van der Waals surface area contributed by atoms with Gasteiger partial charge in [0.1, 0.15) is 6.04 Å². The third-order valence-corrected chi connectivity index (χ3v) is 4.40. The fraction of sp³-hybridized carbons (Fsp3) is 0.500. The van der Waals surface area contributed by atoms with Crippen LogP contribution < -0.4 is 4.72 Å². The number of rotatable bonds is 3. The Morgan fingerprint density at radius 2 is 1.63 bits per heavy atom. The number of nitrogens with one attached hydrogen (secondary N) is 1. The smallest absolute Gasteiger partial charge is 0.242 e. The highest BCUT2D eigenvalue weighted by atomic mass is 79.9. The Bertz CT molecular complexity index is 454. The standard InChI is InChI=1S/C12H15BrF3NOS/c1-11(2,3)19(18)17-10(12(14,15)16)8-4-6-9(13)7-5-8/h4-7,10,17H,1-3H3/t10-,19+/m0/s1. The van der Waals surface area contributed by atoms with Crippen molar-refractivity contribution in [1.29, 1.82) is 0 Å². The zero-order chi connectivity index (χ0) is 14.8. The van der Waals surface area contributed by atoms with E-state index in [1.807, 2.05) is 0 Å². The van der Waals surface area contributed by atoms with Crippen LogP contribution in [0.25, 0.3) is 0 Å². The van der Waals surface area contributed by atoms with Gasteiger partial charge in [-0.3, -0.25) is 0 Å². The lowest BCUT2D eigenvalue weighted by atomic mass is 10.1. The molecule has 0 aliphatic rings. The highest BCUT2D eigenvalue weighted by Crippen LogP contribution is 2.34. The van der Waals surface area contributed by atoms with Gasteiger partial charge in [0, 0.05) is 4.47 Å². The predicted molar refractivity (Wildman–Crippen MR) is 74.0 cm³/mol. The van der Waals surface area contributed by atoms with Crippen molar-refractivity contribution in [2.45, 2.75) is 37.7 Å². The molecule has 7 heteroatoms. The summed E-state index contributed by atoms with van der Waals surface area (Å²) < 4.78 is 53.1. The summed E-state index contributed by atoms with van der Waals surface area (Å²) in [4.78, 5) is 0. The molecular weight excluding hydrogens is 343 g/mol. The van der Waals surface area contributed by atoms with Crippen molar-refractivity contribution >= 4 is 26.9 Å². The van der Waals surface area contributed by atoms with Crippen LogP contribution in [0.1, 0.15) is 32.4 Å². The van der Waals surface area contributed by atoms with E-state index in [0.717, 1.165) is 0 Å². The first-order valence-corrected chi connectivity index (χ1v) is 7.46. The van der Waals surface area contributed by atoms with Crippen molar-refractivity contribution in [2.24, 2.45) is 0 Å². The van der Waals surface area contributed by atoms with Gasteiger partial charge >= 0.3 is 6.18 Å². The van der Waals surface area contributed by atoms with E-state index in [9.17, 15) is 17.4 Å². The third kappa shape index (κ3) is 4.89. The van der Waals surface area contributed by atoms with E-state index in [1.165, 1.54) is 24.3 Å². The summed E-state index contributed by atoms with van der Waals surface area (Å²) in [6, 6.07) is 3.82. The summed E-state index contributed by atoms with van der Waals surface area (Å²) in [6.45, 7) is 4.85. The average molecular weight is 358 g/mol. The van der Waals surface area contributed by atoms with Crippen LogP contribution in [0.5, 0.6) is 0 Å². The molecule has 0 radical (unpaired) electrons. The molecule has 1 aromatic rings. The lowest BCUT2D eigenvalue weighted by molar-refractivity contribution is -0.152. The maximum absolute atomic E-state index is 13.0. The van der Waals surface area contributed by atoms with Gasteiger partial charge in [-0.25, -0.2) is 8.93 Å². The minimum atomic E-state index is -4.51. The van der Waals surface area contributed by atoms with E-state index in [4.69, 9.17) is 0 Å². The van der Waals surface area contributed by atoms with E-state index in [0.29, 0.717) is 4.47 Å². The molecule has 0 spiro atoms. The molecule has 1 N–H and O–H groups in total. The highest BCUT2D eigenvalue weighted by Gasteiger charge is 2.42. The van der Waals surface area contributed by atoms with E-state index in [2.05, 4.69) is 20.7 Å². The maximum Gasteiger partial charge on any atom is 0.408 e. The molecule has 0 unspecified atom stereocenters. The summed E-state index contributed by atoms with van der Waals surface area (Å²) in [5.74, 6) is 0. The first-order valence-electron chi connectivity index (χ1n) is 5.52. The van der Waals surface area contributed by atoms with E-state index >= 15 is 0 Å². The Morgan fingerprint density at radius 3 is 2.00 bits per heavy atom. The molecule has 1 rings (SSSR count). The highest BCUT2D eigenvalue weighted by molar-refractivity contribution is 9.10. The predicted octanol–water partition coefficient (Wildman–Crippen LogP) is 4.10. The van der Waals surface area contributed by atoms with Gasteiger partial charge in [-0.15, -0.1) is 0 Å². The van der Waals surface area contributed by atoms with Crippen LogP contribution in [0.15, 0.2) is 28.7 Å². The SMILES string of the molecule is CC(C)(C)[S@@](=O)N[C@@H](c1ccc(Br)cc1)C(F)(F)F. The molecule has 0 aromatic heterocycles. The average Bonchev–Trinajstić information content (AvgIpc) is 2.24. The quantitative estimate of drug-likeness (QED) is 0.866. The molecule has 0 saturated carbocycles. The third-order valence-electron chi connectivity index (χ3n) is 2.31. The van der Waals surface area contributed by atoms with Gasteiger partial charge in [0.2, 0.25) is 0 Å². The fourth-order valence-electron chi connectivity index (χ4n) is 1.26. The molecular formula is C12H15BrF3NOS. The van der Waals surface area contributed by atoms with Crippen LogP contribution in [0.3, 0.4) is 0 Å². The Labute approximate surface area is 121 Å². The normalized spacial score (nSPS) is 16.2. The molecule has 0 fully saturated rings. The van der Waals surface area contributed by atoms with Crippen molar-refractivity contribution in [2.75, 3.05) is 0 Å². The van der Waals surface area contributed by atoms with E-state index in [1.54, 1.807) is 20.8 Å². The van der Waals surface area contributed by atoms with Crippen molar-refractivity contribution in [3.8, 4) is 0 Å². The van der Waals surface area contributed by atoms with Gasteiger partial charge < -0.3 is 0 Å². The van der Waals surface area contributed by atoms with Crippen LogP contribution in [0.2, 0.25) is 0 Å². The van der Waals surface area contributed by atoms with Crippen molar-refractivity contribution in [3.05, 3.63) is 34.3 Å². The van der Waals surface area contributed by atoms with E-state index in [-0.39, 0.29) is 5.56 Å². The topological polar surface area (TPSA) is 29.1 Å². The Balaban J connectivity index is 3.04. The Hall–Kier alpha value is -0.400. The first-order chi connectivity index (χ1) is 8.51. The van der Waals surface area contributed by atoms with E-state index < -0.39 is 28.0 Å². The number of halogens is 4. The van der Waals surface area contributed by atoms with Crippen molar-refractivity contribution < 1.29 is 17.4 Å². The minimum absolute atomic E-state index is 0.0355. The largest absolute Gasteiger partial charge is 0.408 e. The zero-order valence-electron chi connectivity index (χ0n) is 10.7. The molecule has 2 atom stereocenters. The second kappa shape index (κ2) is 5.93. The van der Waals surface area contributed by atoms with Crippen molar-refractivity contribution in [1.82, 2.24) is 4.72 Å². The molecule has 0 aliphatic heterocycles. The molecule has 1 aromatic carbocycles. The minimum Gasteiger partial charge on any atom is -0.242 e. The van der Waals surface area contributed by atoms with Gasteiger partial charge in [-0.2, -0.15) is 13.2 Å². The van der Waals surface area contributed by atoms with Crippen LogP contribution in [-0.4, -0.2) is 15.1 Å². The molecule has 19 heavy (non-hydrogen) atoms. The van der Waals surface area contributed by atoms with Crippen LogP contribution >= 0.6 is 15.9 Å².